The van der Waals surface area contributed by atoms with E-state index in [1.807, 2.05) is 29.2 Å². The predicted octanol–water partition coefficient (Wildman–Crippen LogP) is 1.94. The molecule has 1 aromatic heterocycles. The Bertz CT molecular complexity index is 742. The third kappa shape index (κ3) is 4.11. The van der Waals surface area contributed by atoms with Gasteiger partial charge in [-0.15, -0.1) is 0 Å². The Kier molecular flexibility index (Phi) is 5.68. The van der Waals surface area contributed by atoms with E-state index in [0.29, 0.717) is 17.1 Å². The molecule has 0 spiro atoms. The van der Waals surface area contributed by atoms with E-state index >= 15 is 0 Å². The summed E-state index contributed by atoms with van der Waals surface area (Å²) >= 11 is 0. The Morgan fingerprint density at radius 1 is 1.00 bits per heavy atom. The van der Waals surface area contributed by atoms with Gasteiger partial charge < -0.3 is 19.3 Å². The van der Waals surface area contributed by atoms with Crippen LogP contribution in [-0.2, 0) is 0 Å². The molecule has 0 aliphatic carbocycles. The maximum atomic E-state index is 12.7. The summed E-state index contributed by atoms with van der Waals surface area (Å²) in [4.78, 5) is 25.4. The molecule has 1 aliphatic rings. The quantitative estimate of drug-likeness (QED) is 0.834. The van der Waals surface area contributed by atoms with Crippen LogP contribution < -0.4 is 9.47 Å². The number of methoxy groups -OCH3 is 2. The first-order valence-corrected chi connectivity index (χ1v) is 8.66. The number of rotatable bonds is 4. The Balaban J connectivity index is 1.79. The van der Waals surface area contributed by atoms with Gasteiger partial charge in [0.25, 0.3) is 5.91 Å². The average molecular weight is 356 g/mol. The molecule has 1 fully saturated rings. The molecule has 0 N–H and O–H groups in total. The van der Waals surface area contributed by atoms with Crippen molar-refractivity contribution in [2.45, 2.75) is 6.42 Å². The number of hydrogen-bond donors (Lipinski definition) is 0. The van der Waals surface area contributed by atoms with E-state index in [4.69, 9.17) is 9.47 Å². The molecule has 0 unspecified atom stereocenters. The van der Waals surface area contributed by atoms with Crippen LogP contribution in [0.15, 0.2) is 30.3 Å². The second-order valence-electron chi connectivity index (χ2n) is 6.31. The van der Waals surface area contributed by atoms with E-state index in [9.17, 15) is 4.79 Å². The third-order valence-electron chi connectivity index (χ3n) is 4.51. The summed E-state index contributed by atoms with van der Waals surface area (Å²) in [5, 5.41) is 0. The number of nitrogens with zero attached hydrogens (tertiary/aromatic N) is 4. The Morgan fingerprint density at radius 3 is 2.46 bits per heavy atom. The third-order valence-corrected chi connectivity index (χ3v) is 4.51. The van der Waals surface area contributed by atoms with Crippen LogP contribution in [0.5, 0.6) is 11.9 Å². The summed E-state index contributed by atoms with van der Waals surface area (Å²) in [7, 11) is 5.15. The number of hydrogen-bond acceptors (Lipinski definition) is 6. The van der Waals surface area contributed by atoms with Crippen molar-refractivity contribution in [3.05, 3.63) is 35.9 Å². The molecule has 1 saturated heterocycles. The molecular formula is C19H24N4O3. The molecule has 0 bridgehead atoms. The lowest BCUT2D eigenvalue weighted by Crippen LogP contribution is -2.34. The van der Waals surface area contributed by atoms with Crippen molar-refractivity contribution < 1.29 is 14.3 Å². The van der Waals surface area contributed by atoms with Crippen molar-refractivity contribution in [1.82, 2.24) is 19.8 Å². The van der Waals surface area contributed by atoms with E-state index < -0.39 is 0 Å². The minimum absolute atomic E-state index is 0.0738. The molecule has 1 amide bonds. The first kappa shape index (κ1) is 18.1. The Labute approximate surface area is 153 Å². The number of carbonyl (C=O) groups excluding carboxylic acids is 1. The second-order valence-corrected chi connectivity index (χ2v) is 6.31. The first-order valence-electron chi connectivity index (χ1n) is 8.66. The molecule has 7 nitrogen and oxygen atoms in total. The zero-order valence-corrected chi connectivity index (χ0v) is 15.4. The van der Waals surface area contributed by atoms with Gasteiger partial charge in [0, 0.05) is 36.8 Å². The van der Waals surface area contributed by atoms with E-state index in [0.717, 1.165) is 38.2 Å². The minimum Gasteiger partial charge on any atom is -0.481 e. The fourth-order valence-corrected chi connectivity index (χ4v) is 2.96. The second kappa shape index (κ2) is 8.14. The molecule has 2 heterocycles. The highest BCUT2D eigenvalue weighted by molar-refractivity contribution is 5.94. The van der Waals surface area contributed by atoms with Gasteiger partial charge in [0.15, 0.2) is 0 Å². The molecule has 0 saturated carbocycles. The monoisotopic (exact) mass is 356 g/mol. The zero-order valence-electron chi connectivity index (χ0n) is 15.4. The molecule has 3 rings (SSSR count). The Morgan fingerprint density at radius 2 is 1.77 bits per heavy atom. The first-order chi connectivity index (χ1) is 12.6. The number of ether oxygens (including phenoxy) is 2. The summed E-state index contributed by atoms with van der Waals surface area (Å²) in [6.07, 6.45) is 1.00. The van der Waals surface area contributed by atoms with E-state index in [-0.39, 0.29) is 11.9 Å². The van der Waals surface area contributed by atoms with E-state index in [2.05, 4.69) is 21.9 Å². The van der Waals surface area contributed by atoms with Crippen LogP contribution in [0.25, 0.3) is 11.3 Å². The van der Waals surface area contributed by atoms with Gasteiger partial charge in [-0.2, -0.15) is 9.97 Å². The van der Waals surface area contributed by atoms with Gasteiger partial charge >= 0.3 is 6.01 Å². The van der Waals surface area contributed by atoms with Gasteiger partial charge in [-0.3, -0.25) is 4.79 Å². The average Bonchev–Trinajstić information content (AvgIpc) is 2.91. The molecule has 0 atom stereocenters. The van der Waals surface area contributed by atoms with E-state index in [1.54, 1.807) is 13.2 Å². The number of carbonyl (C=O) groups is 1. The van der Waals surface area contributed by atoms with Crippen LogP contribution >= 0.6 is 0 Å². The molecule has 0 radical (unpaired) electrons. The summed E-state index contributed by atoms with van der Waals surface area (Å²) in [6.45, 7) is 3.49. The van der Waals surface area contributed by atoms with Crippen LogP contribution in [0.2, 0.25) is 0 Å². The van der Waals surface area contributed by atoms with Crippen molar-refractivity contribution in [2.24, 2.45) is 0 Å². The van der Waals surface area contributed by atoms with Gasteiger partial charge in [-0.25, -0.2) is 0 Å². The molecule has 1 aromatic carbocycles. The standard InChI is InChI=1S/C19H24N4O3/c1-22-9-4-10-23(12-11-22)18(24)15-7-5-14(6-8-15)16-13-17(25-2)21-19(20-16)26-3/h5-8,13H,4,9-12H2,1-3H3. The lowest BCUT2D eigenvalue weighted by Gasteiger charge is -2.20. The highest BCUT2D eigenvalue weighted by Gasteiger charge is 2.19. The normalized spacial score (nSPS) is 15.4. The fourth-order valence-electron chi connectivity index (χ4n) is 2.96. The van der Waals surface area contributed by atoms with Crippen molar-refractivity contribution >= 4 is 5.91 Å². The molecule has 138 valence electrons. The molecule has 26 heavy (non-hydrogen) atoms. The van der Waals surface area contributed by atoms with Gasteiger partial charge in [0.1, 0.15) is 0 Å². The zero-order chi connectivity index (χ0) is 18.5. The predicted molar refractivity (Wildman–Crippen MR) is 98.6 cm³/mol. The van der Waals surface area contributed by atoms with Gasteiger partial charge in [-0.1, -0.05) is 12.1 Å². The molecular weight excluding hydrogens is 332 g/mol. The van der Waals surface area contributed by atoms with Crippen molar-refractivity contribution in [3.63, 3.8) is 0 Å². The summed E-state index contributed by atoms with van der Waals surface area (Å²) in [5.41, 5.74) is 2.24. The fraction of sp³-hybridized carbons (Fsp3) is 0.421. The van der Waals surface area contributed by atoms with Crippen molar-refractivity contribution in [2.75, 3.05) is 47.4 Å². The van der Waals surface area contributed by atoms with E-state index in [1.165, 1.54) is 7.11 Å². The summed E-state index contributed by atoms with van der Waals surface area (Å²) < 4.78 is 10.3. The van der Waals surface area contributed by atoms with Gasteiger partial charge in [0.05, 0.1) is 19.9 Å². The minimum atomic E-state index is 0.0738. The lowest BCUT2D eigenvalue weighted by molar-refractivity contribution is 0.0763. The topological polar surface area (TPSA) is 67.8 Å². The van der Waals surface area contributed by atoms with Crippen LogP contribution in [0.3, 0.4) is 0 Å². The van der Waals surface area contributed by atoms with Crippen molar-refractivity contribution in [1.29, 1.82) is 0 Å². The van der Waals surface area contributed by atoms with Crippen molar-refractivity contribution in [3.8, 4) is 23.1 Å². The molecule has 7 heteroatoms. The number of likely N-dealkylation sites (N-methyl/N-ethyl adjacent to an activating group) is 1. The van der Waals surface area contributed by atoms with Gasteiger partial charge in [-0.05, 0) is 32.1 Å². The van der Waals surface area contributed by atoms with Crippen LogP contribution in [0.4, 0.5) is 0 Å². The SMILES string of the molecule is COc1cc(-c2ccc(C(=O)N3CCCN(C)CC3)cc2)nc(OC)n1. The number of benzene rings is 1. The van der Waals surface area contributed by atoms with Crippen LogP contribution in [0, 0.1) is 0 Å². The summed E-state index contributed by atoms with van der Waals surface area (Å²) in [5.74, 6) is 0.505. The maximum absolute atomic E-state index is 12.7. The largest absolute Gasteiger partial charge is 0.481 e. The smallest absolute Gasteiger partial charge is 0.320 e. The highest BCUT2D eigenvalue weighted by atomic mass is 16.5. The Hall–Kier alpha value is -2.67. The molecule has 2 aromatic rings. The maximum Gasteiger partial charge on any atom is 0.320 e. The van der Waals surface area contributed by atoms with Crippen LogP contribution in [-0.4, -0.2) is 73.1 Å². The highest BCUT2D eigenvalue weighted by Crippen LogP contribution is 2.24. The van der Waals surface area contributed by atoms with Gasteiger partial charge in [0.2, 0.25) is 5.88 Å². The van der Waals surface area contributed by atoms with Crippen LogP contribution in [0.1, 0.15) is 16.8 Å². The number of aromatic nitrogens is 2. The summed E-state index contributed by atoms with van der Waals surface area (Å²) in [6, 6.07) is 9.44. The number of amides is 1. The molecule has 1 aliphatic heterocycles. The lowest BCUT2D eigenvalue weighted by atomic mass is 10.1.